The van der Waals surface area contributed by atoms with Gasteiger partial charge in [0.15, 0.2) is 11.2 Å². The smallest absolute Gasteiger partial charge is 0.287 e. The number of nitrogens with one attached hydrogen (secondary N) is 1. The summed E-state index contributed by atoms with van der Waals surface area (Å²) in [5.41, 5.74) is 0.113. The van der Waals surface area contributed by atoms with Crippen molar-refractivity contribution in [3.05, 3.63) is 45.3 Å². The highest BCUT2D eigenvalue weighted by Crippen LogP contribution is 2.26. The van der Waals surface area contributed by atoms with Gasteiger partial charge in [-0.2, -0.15) is 0 Å². The molecule has 122 valence electrons. The largest absolute Gasteiger partial charge is 0.451 e. The summed E-state index contributed by atoms with van der Waals surface area (Å²) >= 11 is 5.89. The molecule has 23 heavy (non-hydrogen) atoms. The molecule has 0 aliphatic heterocycles. The Labute approximate surface area is 139 Å². The lowest BCUT2D eigenvalue weighted by molar-refractivity contribution is 0.0891. The molecule has 0 spiro atoms. The second-order valence-electron chi connectivity index (χ2n) is 6.28. The summed E-state index contributed by atoms with van der Waals surface area (Å²) in [4.78, 5) is 24.5. The number of rotatable bonds is 3. The molecule has 0 saturated heterocycles. The lowest BCUT2D eigenvalue weighted by Crippen LogP contribution is -2.39. The first-order chi connectivity index (χ1) is 11.0. The Morgan fingerprint density at radius 2 is 2.00 bits per heavy atom. The molecule has 1 aliphatic rings. The maximum Gasteiger partial charge on any atom is 0.287 e. The number of hydrogen-bond donors (Lipinski definition) is 1. The van der Waals surface area contributed by atoms with E-state index < -0.39 is 0 Å². The quantitative estimate of drug-likeness (QED) is 0.918. The van der Waals surface area contributed by atoms with Gasteiger partial charge in [0.1, 0.15) is 5.58 Å². The first-order valence-electron chi connectivity index (χ1n) is 8.09. The van der Waals surface area contributed by atoms with Crippen LogP contribution in [0.4, 0.5) is 0 Å². The highest BCUT2D eigenvalue weighted by atomic mass is 35.5. The van der Waals surface area contributed by atoms with Crippen molar-refractivity contribution in [3.63, 3.8) is 0 Å². The molecule has 1 aliphatic carbocycles. The molecule has 5 heteroatoms. The van der Waals surface area contributed by atoms with Gasteiger partial charge in [0.2, 0.25) is 0 Å². The van der Waals surface area contributed by atoms with E-state index in [0.717, 1.165) is 12.8 Å². The Morgan fingerprint density at radius 1 is 1.26 bits per heavy atom. The number of hydrogen-bond acceptors (Lipinski definition) is 3. The summed E-state index contributed by atoms with van der Waals surface area (Å²) in [7, 11) is 0. The molecule has 1 saturated carbocycles. The molecule has 1 aromatic heterocycles. The molecule has 0 bridgehead atoms. The number of benzene rings is 1. The van der Waals surface area contributed by atoms with Crippen LogP contribution in [0, 0.1) is 5.92 Å². The van der Waals surface area contributed by atoms with Crippen molar-refractivity contribution < 1.29 is 9.21 Å². The maximum atomic E-state index is 12.4. The van der Waals surface area contributed by atoms with Gasteiger partial charge in [-0.3, -0.25) is 9.59 Å². The van der Waals surface area contributed by atoms with Crippen molar-refractivity contribution in [2.45, 2.75) is 45.1 Å². The van der Waals surface area contributed by atoms with Crippen LogP contribution >= 0.6 is 11.6 Å². The fourth-order valence-corrected chi connectivity index (χ4v) is 3.44. The maximum absolute atomic E-state index is 12.4. The summed E-state index contributed by atoms with van der Waals surface area (Å²) in [6.07, 6.45) is 6.00. The van der Waals surface area contributed by atoms with Gasteiger partial charge in [-0.1, -0.05) is 30.9 Å². The van der Waals surface area contributed by atoms with Crippen LogP contribution < -0.4 is 10.7 Å². The summed E-state index contributed by atoms with van der Waals surface area (Å²) in [5.74, 6) is 0.211. The lowest BCUT2D eigenvalue weighted by Gasteiger charge is -2.28. The first kappa shape index (κ1) is 16.1. The Kier molecular flexibility index (Phi) is 4.71. The highest BCUT2D eigenvalue weighted by molar-refractivity contribution is 6.31. The van der Waals surface area contributed by atoms with Gasteiger partial charge in [0.05, 0.1) is 5.39 Å². The van der Waals surface area contributed by atoms with Crippen LogP contribution in [-0.4, -0.2) is 11.9 Å². The standard InChI is InChI=1S/C18H20ClNO3/c1-11(12-5-3-2-4-6-12)20-18(22)17-10-15(21)14-9-13(19)7-8-16(14)23-17/h7-12H,2-6H2,1H3,(H,20,22)/t11-/m0/s1. The number of amides is 1. The fourth-order valence-electron chi connectivity index (χ4n) is 3.27. The highest BCUT2D eigenvalue weighted by Gasteiger charge is 2.23. The number of halogens is 1. The van der Waals surface area contributed by atoms with Gasteiger partial charge in [-0.25, -0.2) is 0 Å². The first-order valence-corrected chi connectivity index (χ1v) is 8.46. The van der Waals surface area contributed by atoms with Crippen LogP contribution in [0.3, 0.4) is 0 Å². The third kappa shape index (κ3) is 3.58. The van der Waals surface area contributed by atoms with Crippen LogP contribution in [0.25, 0.3) is 11.0 Å². The third-order valence-electron chi connectivity index (χ3n) is 4.63. The average molecular weight is 334 g/mol. The molecule has 1 amide bonds. The van der Waals surface area contributed by atoms with Gasteiger partial charge >= 0.3 is 0 Å². The van der Waals surface area contributed by atoms with Crippen molar-refractivity contribution in [2.75, 3.05) is 0 Å². The lowest BCUT2D eigenvalue weighted by atomic mass is 9.84. The molecular weight excluding hydrogens is 314 g/mol. The molecule has 0 radical (unpaired) electrons. The molecule has 4 nitrogen and oxygen atoms in total. The minimum Gasteiger partial charge on any atom is -0.451 e. The summed E-state index contributed by atoms with van der Waals surface area (Å²) in [5, 5.41) is 3.82. The van der Waals surface area contributed by atoms with E-state index in [2.05, 4.69) is 5.32 Å². The van der Waals surface area contributed by atoms with E-state index in [9.17, 15) is 9.59 Å². The van der Waals surface area contributed by atoms with E-state index in [0.29, 0.717) is 21.9 Å². The van der Waals surface area contributed by atoms with Crippen molar-refractivity contribution in [3.8, 4) is 0 Å². The fraction of sp³-hybridized carbons (Fsp3) is 0.444. The molecule has 3 rings (SSSR count). The predicted molar refractivity (Wildman–Crippen MR) is 91.0 cm³/mol. The normalized spacial score (nSPS) is 17.1. The third-order valence-corrected chi connectivity index (χ3v) is 4.86. The topological polar surface area (TPSA) is 59.3 Å². The van der Waals surface area contributed by atoms with E-state index in [4.69, 9.17) is 16.0 Å². The van der Waals surface area contributed by atoms with Crippen LogP contribution in [0.15, 0.2) is 33.5 Å². The van der Waals surface area contributed by atoms with Gasteiger partial charge in [-0.15, -0.1) is 0 Å². The molecule has 1 aromatic carbocycles. The molecule has 2 aromatic rings. The van der Waals surface area contributed by atoms with Gasteiger partial charge in [0.25, 0.3) is 5.91 Å². The Balaban J connectivity index is 1.80. The van der Waals surface area contributed by atoms with Crippen LogP contribution in [-0.2, 0) is 0 Å². The van der Waals surface area contributed by atoms with Crippen LogP contribution in [0.5, 0.6) is 0 Å². The van der Waals surface area contributed by atoms with Crippen LogP contribution in [0.1, 0.15) is 49.6 Å². The zero-order chi connectivity index (χ0) is 16.4. The second-order valence-corrected chi connectivity index (χ2v) is 6.71. The predicted octanol–water partition coefficient (Wildman–Crippen LogP) is 4.15. The Hall–Kier alpha value is -1.81. The van der Waals surface area contributed by atoms with Gasteiger partial charge < -0.3 is 9.73 Å². The minimum absolute atomic E-state index is 0.0486. The van der Waals surface area contributed by atoms with E-state index >= 15 is 0 Å². The van der Waals surface area contributed by atoms with E-state index in [-0.39, 0.29) is 23.1 Å². The average Bonchev–Trinajstić information content (AvgIpc) is 2.56. The molecule has 1 atom stereocenters. The Bertz CT molecular complexity index is 777. The number of fused-ring (bicyclic) bond motifs is 1. The molecule has 1 fully saturated rings. The number of carbonyl (C=O) groups excluding carboxylic acids is 1. The summed E-state index contributed by atoms with van der Waals surface area (Å²) in [6, 6.07) is 6.12. The number of carbonyl (C=O) groups is 1. The molecule has 1 N–H and O–H groups in total. The van der Waals surface area contributed by atoms with Crippen molar-refractivity contribution >= 4 is 28.5 Å². The summed E-state index contributed by atoms with van der Waals surface area (Å²) < 4.78 is 5.58. The monoisotopic (exact) mass is 333 g/mol. The van der Waals surface area contributed by atoms with E-state index in [1.165, 1.54) is 25.3 Å². The van der Waals surface area contributed by atoms with Crippen molar-refractivity contribution in [1.29, 1.82) is 0 Å². The zero-order valence-electron chi connectivity index (χ0n) is 13.1. The SMILES string of the molecule is C[C@H](NC(=O)c1cc(=O)c2cc(Cl)ccc2o1)C1CCCCC1. The minimum atomic E-state index is -0.336. The Morgan fingerprint density at radius 3 is 2.74 bits per heavy atom. The van der Waals surface area contributed by atoms with Crippen molar-refractivity contribution in [2.24, 2.45) is 5.92 Å². The van der Waals surface area contributed by atoms with Gasteiger partial charge in [0, 0.05) is 17.1 Å². The van der Waals surface area contributed by atoms with Crippen molar-refractivity contribution in [1.82, 2.24) is 5.32 Å². The molecule has 1 heterocycles. The molecular formula is C18H20ClNO3. The zero-order valence-corrected chi connectivity index (χ0v) is 13.9. The van der Waals surface area contributed by atoms with Crippen LogP contribution in [0.2, 0.25) is 5.02 Å². The molecule has 0 unspecified atom stereocenters. The second kappa shape index (κ2) is 6.75. The van der Waals surface area contributed by atoms with E-state index in [1.54, 1.807) is 18.2 Å². The summed E-state index contributed by atoms with van der Waals surface area (Å²) in [6.45, 7) is 2.02. The van der Waals surface area contributed by atoms with Gasteiger partial charge in [-0.05, 0) is 43.9 Å². The van der Waals surface area contributed by atoms with E-state index in [1.807, 2.05) is 6.92 Å².